The Labute approximate surface area is 140 Å². The van der Waals surface area contributed by atoms with Gasteiger partial charge in [-0.2, -0.15) is 10.2 Å². The van der Waals surface area contributed by atoms with Gasteiger partial charge in [0.1, 0.15) is 11.8 Å². The second kappa shape index (κ2) is 7.66. The maximum Gasteiger partial charge on any atom is 0.232 e. The fourth-order valence-electron chi connectivity index (χ4n) is 2.53. The van der Waals surface area contributed by atoms with Gasteiger partial charge in [0.05, 0.1) is 13.2 Å². The third-order valence-electron chi connectivity index (χ3n) is 3.78. The van der Waals surface area contributed by atoms with Crippen molar-refractivity contribution in [3.63, 3.8) is 0 Å². The molecule has 0 radical (unpaired) electrons. The van der Waals surface area contributed by atoms with Crippen LogP contribution in [-0.2, 0) is 4.74 Å². The van der Waals surface area contributed by atoms with Crippen molar-refractivity contribution < 1.29 is 13.9 Å². The second-order valence-electron chi connectivity index (χ2n) is 5.47. The maximum absolute atomic E-state index is 9.19. The van der Waals surface area contributed by atoms with Gasteiger partial charge in [0.2, 0.25) is 17.5 Å². The van der Waals surface area contributed by atoms with Gasteiger partial charge in [-0.1, -0.05) is 12.1 Å². The summed E-state index contributed by atoms with van der Waals surface area (Å²) in [5.74, 6) is 1.55. The molecule has 1 atom stereocenters. The lowest BCUT2D eigenvalue weighted by Gasteiger charge is -2.09. The van der Waals surface area contributed by atoms with Crippen LogP contribution in [0.5, 0.6) is 5.75 Å². The molecule has 1 fully saturated rings. The van der Waals surface area contributed by atoms with E-state index in [-0.39, 0.29) is 11.8 Å². The van der Waals surface area contributed by atoms with E-state index >= 15 is 0 Å². The van der Waals surface area contributed by atoms with Crippen LogP contribution in [0.3, 0.4) is 0 Å². The molecule has 1 saturated heterocycles. The first-order valence-corrected chi connectivity index (χ1v) is 7.87. The van der Waals surface area contributed by atoms with Gasteiger partial charge < -0.3 is 19.2 Å². The van der Waals surface area contributed by atoms with Crippen LogP contribution in [0.2, 0.25) is 0 Å². The molecule has 0 amide bonds. The van der Waals surface area contributed by atoms with Crippen molar-refractivity contribution in [1.82, 2.24) is 4.98 Å². The number of nitrogens with one attached hydrogen (secondary N) is 1. The van der Waals surface area contributed by atoms with Crippen LogP contribution in [0.15, 0.2) is 28.7 Å². The Morgan fingerprint density at radius 2 is 2.38 bits per heavy atom. The van der Waals surface area contributed by atoms with Gasteiger partial charge in [0, 0.05) is 19.2 Å². The van der Waals surface area contributed by atoms with E-state index in [1.807, 2.05) is 36.4 Å². The number of oxazole rings is 1. The summed E-state index contributed by atoms with van der Waals surface area (Å²) in [6.45, 7) is 1.41. The Morgan fingerprint density at radius 3 is 3.12 bits per heavy atom. The highest BCUT2D eigenvalue weighted by Gasteiger charge is 2.17. The van der Waals surface area contributed by atoms with Crippen LogP contribution in [0, 0.1) is 11.3 Å². The van der Waals surface area contributed by atoms with Gasteiger partial charge >= 0.3 is 0 Å². The minimum atomic E-state index is 0.164. The van der Waals surface area contributed by atoms with Crippen LogP contribution in [0.4, 0.5) is 5.88 Å². The number of benzene rings is 1. The number of nitriles is 1. The average Bonchev–Trinajstić information content (AvgIpc) is 3.27. The number of rotatable bonds is 6. The first-order valence-electron chi connectivity index (χ1n) is 7.87. The number of anilines is 1. The van der Waals surface area contributed by atoms with Crippen molar-refractivity contribution in [2.45, 2.75) is 18.9 Å². The molecule has 3 rings (SSSR count). The van der Waals surface area contributed by atoms with Gasteiger partial charge in [-0.3, -0.25) is 0 Å². The number of methoxy groups -OCH3 is 1. The molecule has 0 bridgehead atoms. The van der Waals surface area contributed by atoms with Crippen LogP contribution in [0.1, 0.15) is 30.0 Å². The Morgan fingerprint density at radius 1 is 1.46 bits per heavy atom. The van der Waals surface area contributed by atoms with E-state index < -0.39 is 0 Å². The molecule has 0 saturated carbocycles. The Bertz CT molecular complexity index is 755. The molecule has 2 heterocycles. The summed E-state index contributed by atoms with van der Waals surface area (Å²) in [7, 11) is 1.63. The predicted octanol–water partition coefficient (Wildman–Crippen LogP) is 3.32. The number of hydrogen-bond donors (Lipinski definition) is 1. The molecule has 6 heteroatoms. The van der Waals surface area contributed by atoms with E-state index in [4.69, 9.17) is 13.9 Å². The fraction of sp³-hybridized carbons (Fsp3) is 0.333. The average molecular weight is 325 g/mol. The van der Waals surface area contributed by atoms with Crippen molar-refractivity contribution in [2.75, 3.05) is 25.6 Å². The maximum atomic E-state index is 9.19. The quantitative estimate of drug-likeness (QED) is 0.877. The summed E-state index contributed by atoms with van der Waals surface area (Å²) in [5, 5.41) is 12.3. The first-order chi connectivity index (χ1) is 11.8. The van der Waals surface area contributed by atoms with Crippen LogP contribution >= 0.6 is 0 Å². The molecule has 24 heavy (non-hydrogen) atoms. The smallest absolute Gasteiger partial charge is 0.232 e. The molecule has 1 aliphatic heterocycles. The molecule has 0 aliphatic carbocycles. The molecule has 1 N–H and O–H groups in total. The Kier molecular flexibility index (Phi) is 5.14. The van der Waals surface area contributed by atoms with Gasteiger partial charge in [-0.25, -0.2) is 0 Å². The number of hydrogen-bond acceptors (Lipinski definition) is 6. The summed E-state index contributed by atoms with van der Waals surface area (Å²) in [6, 6.07) is 9.68. The minimum absolute atomic E-state index is 0.164. The van der Waals surface area contributed by atoms with Gasteiger partial charge in [0.25, 0.3) is 0 Å². The topological polar surface area (TPSA) is 80.3 Å². The number of ether oxygens (including phenoxy) is 2. The van der Waals surface area contributed by atoms with Crippen molar-refractivity contribution >= 4 is 18.0 Å². The summed E-state index contributed by atoms with van der Waals surface area (Å²) >= 11 is 0. The number of aromatic nitrogens is 1. The zero-order valence-electron chi connectivity index (χ0n) is 13.5. The summed E-state index contributed by atoms with van der Waals surface area (Å²) < 4.78 is 16.4. The molecular weight excluding hydrogens is 306 g/mol. The predicted molar refractivity (Wildman–Crippen MR) is 90.6 cm³/mol. The lowest BCUT2D eigenvalue weighted by molar-refractivity contribution is 0.120. The van der Waals surface area contributed by atoms with E-state index in [1.54, 1.807) is 13.2 Å². The molecule has 0 spiro atoms. The van der Waals surface area contributed by atoms with E-state index in [0.717, 1.165) is 30.8 Å². The highest BCUT2D eigenvalue weighted by atomic mass is 16.5. The normalized spacial score (nSPS) is 17.1. The molecule has 6 nitrogen and oxygen atoms in total. The van der Waals surface area contributed by atoms with Gasteiger partial charge in [-0.05, 0) is 36.6 Å². The van der Waals surface area contributed by atoms with Crippen LogP contribution in [0.25, 0.3) is 12.2 Å². The lowest BCUT2D eigenvalue weighted by atomic mass is 10.2. The summed E-state index contributed by atoms with van der Waals surface area (Å²) in [6.07, 6.45) is 5.85. The van der Waals surface area contributed by atoms with Crippen LogP contribution in [-0.4, -0.2) is 31.3 Å². The fourth-order valence-corrected chi connectivity index (χ4v) is 2.53. The molecule has 1 unspecified atom stereocenters. The Hall–Kier alpha value is -2.78. The molecule has 1 aromatic carbocycles. The lowest BCUT2D eigenvalue weighted by Crippen LogP contribution is -2.18. The monoisotopic (exact) mass is 325 g/mol. The molecule has 1 aliphatic rings. The summed E-state index contributed by atoms with van der Waals surface area (Å²) in [4.78, 5) is 4.18. The first kappa shape index (κ1) is 16.1. The van der Waals surface area contributed by atoms with E-state index in [1.165, 1.54) is 0 Å². The molecule has 1 aromatic heterocycles. The van der Waals surface area contributed by atoms with Crippen molar-refractivity contribution in [1.29, 1.82) is 5.26 Å². The highest BCUT2D eigenvalue weighted by molar-refractivity contribution is 5.67. The van der Waals surface area contributed by atoms with Crippen molar-refractivity contribution in [3.05, 3.63) is 41.4 Å². The molecular formula is C18H19N3O3. The van der Waals surface area contributed by atoms with Crippen LogP contribution < -0.4 is 10.1 Å². The molecule has 124 valence electrons. The Balaban J connectivity index is 1.69. The number of nitrogens with zero attached hydrogens (tertiary/aromatic N) is 2. The molecule has 2 aromatic rings. The third-order valence-corrected chi connectivity index (χ3v) is 3.78. The van der Waals surface area contributed by atoms with E-state index in [9.17, 15) is 5.26 Å². The summed E-state index contributed by atoms with van der Waals surface area (Å²) in [5.41, 5.74) is 1.21. The van der Waals surface area contributed by atoms with E-state index in [0.29, 0.717) is 18.3 Å². The standard InChI is InChI=1S/C18H19N3O3/c1-22-14-5-2-4-13(10-14)7-8-17-21-16(11-19)18(24-17)20-12-15-6-3-9-23-15/h2,4-5,7-8,10,15,20H,3,6,9,12H2,1H3. The van der Waals surface area contributed by atoms with E-state index in [2.05, 4.69) is 10.3 Å². The zero-order chi connectivity index (χ0) is 16.8. The largest absolute Gasteiger partial charge is 0.497 e. The van der Waals surface area contributed by atoms with Gasteiger partial charge in [-0.15, -0.1) is 0 Å². The zero-order valence-corrected chi connectivity index (χ0v) is 13.5. The van der Waals surface area contributed by atoms with Gasteiger partial charge in [0.15, 0.2) is 0 Å². The van der Waals surface area contributed by atoms with Crippen molar-refractivity contribution in [3.8, 4) is 11.8 Å². The van der Waals surface area contributed by atoms with Crippen molar-refractivity contribution in [2.24, 2.45) is 0 Å². The highest BCUT2D eigenvalue weighted by Crippen LogP contribution is 2.21. The minimum Gasteiger partial charge on any atom is -0.497 e. The second-order valence-corrected chi connectivity index (χ2v) is 5.47. The SMILES string of the molecule is COc1cccc(C=Cc2nc(C#N)c(NCC3CCCO3)o2)c1. The third kappa shape index (κ3) is 3.94.